The third-order valence-corrected chi connectivity index (χ3v) is 7.10. The second-order valence-electron chi connectivity index (χ2n) is 8.45. The second kappa shape index (κ2) is 5.24. The van der Waals surface area contributed by atoms with Crippen LogP contribution < -0.4 is 4.90 Å². The van der Waals surface area contributed by atoms with Gasteiger partial charge in [0.15, 0.2) is 5.65 Å². The van der Waals surface area contributed by atoms with Crippen LogP contribution in [0.2, 0.25) is 0 Å². The summed E-state index contributed by atoms with van der Waals surface area (Å²) >= 11 is 0. The Hall–Kier alpha value is -2.58. The number of piperidine rings is 1. The quantitative estimate of drug-likeness (QED) is 0.725. The maximum atomic E-state index is 10.0. The number of aliphatic hydroxyl groups is 1. The van der Waals surface area contributed by atoms with E-state index in [0.717, 1.165) is 73.9 Å². The Labute approximate surface area is 157 Å². The Morgan fingerprint density at radius 2 is 1.89 bits per heavy atom. The van der Waals surface area contributed by atoms with Gasteiger partial charge in [-0.25, -0.2) is 4.98 Å². The maximum absolute atomic E-state index is 10.0. The number of imidazole rings is 1. The Morgan fingerprint density at radius 1 is 1.15 bits per heavy atom. The van der Waals surface area contributed by atoms with Crippen LogP contribution in [0.25, 0.3) is 16.7 Å². The van der Waals surface area contributed by atoms with E-state index in [1.165, 1.54) is 16.9 Å². The van der Waals surface area contributed by atoms with E-state index in [1.807, 2.05) is 18.2 Å². The molecule has 0 radical (unpaired) electrons. The molecule has 1 spiro atoms. The zero-order chi connectivity index (χ0) is 18.2. The summed E-state index contributed by atoms with van der Waals surface area (Å²) in [6, 6.07) is 10.6. The number of para-hydroxylation sites is 2. The third-order valence-electron chi connectivity index (χ3n) is 7.10. The van der Waals surface area contributed by atoms with Gasteiger partial charge in [-0.2, -0.15) is 5.26 Å². The summed E-state index contributed by atoms with van der Waals surface area (Å²) in [4.78, 5) is 7.33. The number of nitriles is 1. The van der Waals surface area contributed by atoms with Gasteiger partial charge >= 0.3 is 0 Å². The van der Waals surface area contributed by atoms with Gasteiger partial charge in [0.2, 0.25) is 0 Å². The van der Waals surface area contributed by atoms with Crippen molar-refractivity contribution in [3.8, 4) is 6.07 Å². The van der Waals surface area contributed by atoms with Crippen LogP contribution in [0.1, 0.15) is 42.4 Å². The molecule has 0 amide bonds. The Morgan fingerprint density at radius 3 is 2.63 bits per heavy atom. The zero-order valence-corrected chi connectivity index (χ0v) is 15.3. The van der Waals surface area contributed by atoms with Crippen molar-refractivity contribution in [2.45, 2.75) is 44.6 Å². The molecule has 1 unspecified atom stereocenters. The van der Waals surface area contributed by atoms with Crippen molar-refractivity contribution < 1.29 is 5.11 Å². The molecule has 1 saturated heterocycles. The molecular formula is C22H22N4O. The summed E-state index contributed by atoms with van der Waals surface area (Å²) in [6.45, 7) is 1.94. The molecule has 3 aliphatic rings. The van der Waals surface area contributed by atoms with Crippen molar-refractivity contribution in [1.82, 2.24) is 9.38 Å². The normalized spacial score (nSPS) is 23.1. The van der Waals surface area contributed by atoms with Crippen molar-refractivity contribution in [2.75, 3.05) is 18.0 Å². The summed E-state index contributed by atoms with van der Waals surface area (Å²) in [5.74, 6) is 1.25. The molecule has 5 nitrogen and oxygen atoms in total. The average Bonchev–Trinajstić information content (AvgIpc) is 3.07. The third kappa shape index (κ3) is 1.99. The molecule has 1 aromatic carbocycles. The summed E-state index contributed by atoms with van der Waals surface area (Å²) < 4.78 is 2.24. The first kappa shape index (κ1) is 15.5. The molecule has 1 N–H and O–H groups in total. The lowest BCUT2D eigenvalue weighted by Crippen LogP contribution is -2.37. The van der Waals surface area contributed by atoms with E-state index in [2.05, 4.69) is 21.4 Å². The summed E-state index contributed by atoms with van der Waals surface area (Å²) in [5, 5.41) is 19.9. The van der Waals surface area contributed by atoms with Crippen LogP contribution in [-0.2, 0) is 12.8 Å². The molecule has 1 atom stereocenters. The number of nitrogens with zero attached hydrogens (tertiary/aromatic N) is 4. The molecular weight excluding hydrogens is 336 g/mol. The average molecular weight is 358 g/mol. The summed E-state index contributed by atoms with van der Waals surface area (Å²) in [7, 11) is 0. The van der Waals surface area contributed by atoms with E-state index in [9.17, 15) is 10.4 Å². The van der Waals surface area contributed by atoms with E-state index in [-0.39, 0.29) is 11.5 Å². The lowest BCUT2D eigenvalue weighted by molar-refractivity contribution is 0.198. The Bertz CT molecular complexity index is 1130. The standard InChI is InChI=1S/C22H22N4O/c23-13-16-14-4-3-5-15(14)21(25-10-8-22(9-11-25)12-19(22)27)26-18-7-2-1-6-17(18)24-20(16)26/h1-2,6-7,19,27H,3-5,8-12H2. The minimum absolute atomic E-state index is 0.0968. The molecule has 5 heteroatoms. The fraction of sp³-hybridized carbons (Fsp3) is 0.455. The molecule has 0 bridgehead atoms. The highest BCUT2D eigenvalue weighted by Crippen LogP contribution is 2.54. The van der Waals surface area contributed by atoms with Crippen molar-refractivity contribution in [3.63, 3.8) is 0 Å². The first-order valence-corrected chi connectivity index (χ1v) is 10.00. The maximum Gasteiger partial charge on any atom is 0.157 e. The lowest BCUT2D eigenvalue weighted by atomic mass is 9.92. The number of rotatable bonds is 1. The molecule has 2 aliphatic carbocycles. The van der Waals surface area contributed by atoms with Crippen LogP contribution in [0.5, 0.6) is 0 Å². The van der Waals surface area contributed by atoms with E-state index in [0.29, 0.717) is 0 Å². The molecule has 3 heterocycles. The van der Waals surface area contributed by atoms with Crippen LogP contribution in [0.15, 0.2) is 24.3 Å². The van der Waals surface area contributed by atoms with Crippen molar-refractivity contribution in [1.29, 1.82) is 5.26 Å². The van der Waals surface area contributed by atoms with E-state index >= 15 is 0 Å². The topological polar surface area (TPSA) is 64.6 Å². The fourth-order valence-electron chi connectivity index (χ4n) is 5.42. The molecule has 136 valence electrons. The highest BCUT2D eigenvalue weighted by Gasteiger charge is 2.54. The van der Waals surface area contributed by atoms with Gasteiger partial charge in [0.05, 0.1) is 22.7 Å². The predicted octanol–water partition coefficient (Wildman–Crippen LogP) is 3.20. The molecule has 2 fully saturated rings. The number of fused-ring (bicyclic) bond motifs is 4. The van der Waals surface area contributed by atoms with Crippen LogP contribution in [0, 0.1) is 16.7 Å². The van der Waals surface area contributed by atoms with Crippen LogP contribution in [0.3, 0.4) is 0 Å². The van der Waals surface area contributed by atoms with Gasteiger partial charge in [-0.1, -0.05) is 12.1 Å². The lowest BCUT2D eigenvalue weighted by Gasteiger charge is -2.35. The van der Waals surface area contributed by atoms with Crippen LogP contribution >= 0.6 is 0 Å². The molecule has 1 saturated carbocycles. The van der Waals surface area contributed by atoms with Gasteiger partial charge in [-0.05, 0) is 61.8 Å². The number of aromatic nitrogens is 2. The monoisotopic (exact) mass is 358 g/mol. The van der Waals surface area contributed by atoms with Gasteiger partial charge in [0.1, 0.15) is 11.9 Å². The molecule has 3 aromatic rings. The number of pyridine rings is 1. The molecule has 2 aromatic heterocycles. The van der Waals surface area contributed by atoms with Crippen LogP contribution in [-0.4, -0.2) is 33.7 Å². The summed E-state index contributed by atoms with van der Waals surface area (Å²) in [6.07, 6.45) is 6.09. The van der Waals surface area contributed by atoms with Gasteiger partial charge in [-0.15, -0.1) is 0 Å². The molecule has 1 aliphatic heterocycles. The number of aliphatic hydroxyl groups excluding tert-OH is 1. The SMILES string of the molecule is N#Cc1c2c(c(N3CCC4(CC3)CC4O)n3c1nc1ccccc13)CCC2. The Balaban J connectivity index is 1.61. The predicted molar refractivity (Wildman–Crippen MR) is 104 cm³/mol. The smallest absolute Gasteiger partial charge is 0.157 e. The van der Waals surface area contributed by atoms with E-state index in [1.54, 1.807) is 0 Å². The number of benzene rings is 1. The van der Waals surface area contributed by atoms with Gasteiger partial charge in [0, 0.05) is 18.5 Å². The minimum Gasteiger partial charge on any atom is -0.393 e. The summed E-state index contributed by atoms with van der Waals surface area (Å²) in [5.41, 5.74) is 6.33. The van der Waals surface area contributed by atoms with Crippen molar-refractivity contribution in [3.05, 3.63) is 41.0 Å². The first-order chi connectivity index (χ1) is 13.2. The first-order valence-electron chi connectivity index (χ1n) is 10.00. The zero-order valence-electron chi connectivity index (χ0n) is 15.3. The number of hydrogen-bond acceptors (Lipinski definition) is 4. The largest absolute Gasteiger partial charge is 0.393 e. The van der Waals surface area contributed by atoms with Gasteiger partial charge in [-0.3, -0.25) is 4.40 Å². The number of hydrogen-bond donors (Lipinski definition) is 1. The van der Waals surface area contributed by atoms with Gasteiger partial charge in [0.25, 0.3) is 0 Å². The minimum atomic E-state index is -0.0968. The van der Waals surface area contributed by atoms with Crippen molar-refractivity contribution >= 4 is 22.5 Å². The van der Waals surface area contributed by atoms with Gasteiger partial charge < -0.3 is 10.0 Å². The Kier molecular flexibility index (Phi) is 3.00. The second-order valence-corrected chi connectivity index (χ2v) is 8.45. The molecule has 6 rings (SSSR count). The fourth-order valence-corrected chi connectivity index (χ4v) is 5.42. The van der Waals surface area contributed by atoms with E-state index < -0.39 is 0 Å². The van der Waals surface area contributed by atoms with Crippen molar-refractivity contribution in [2.24, 2.45) is 5.41 Å². The van der Waals surface area contributed by atoms with Crippen LogP contribution in [0.4, 0.5) is 5.82 Å². The van der Waals surface area contributed by atoms with E-state index in [4.69, 9.17) is 4.98 Å². The highest BCUT2D eigenvalue weighted by molar-refractivity contribution is 5.86. The molecule has 27 heavy (non-hydrogen) atoms. The highest BCUT2D eigenvalue weighted by atomic mass is 16.3. The number of anilines is 1.